The highest BCUT2D eigenvalue weighted by molar-refractivity contribution is 6.37. The summed E-state index contributed by atoms with van der Waals surface area (Å²) in [4.78, 5) is 36.9. The summed E-state index contributed by atoms with van der Waals surface area (Å²) in [6.07, 6.45) is 0. The average Bonchev–Trinajstić information content (AvgIpc) is 3.13. The van der Waals surface area contributed by atoms with Crippen molar-refractivity contribution < 1.29 is 14.5 Å². The summed E-state index contributed by atoms with van der Waals surface area (Å²) in [6, 6.07) is 21.2. The van der Waals surface area contributed by atoms with Gasteiger partial charge in [0.15, 0.2) is 0 Å². The smallest absolute Gasteiger partial charge is 0.270 e. The minimum atomic E-state index is -0.479. The van der Waals surface area contributed by atoms with Crippen molar-refractivity contribution in [1.29, 1.82) is 0 Å². The second kappa shape index (κ2) is 8.96. The summed E-state index contributed by atoms with van der Waals surface area (Å²) in [5.41, 5.74) is 4.26. The van der Waals surface area contributed by atoms with Crippen LogP contribution in [0.4, 0.5) is 17.1 Å². The maximum Gasteiger partial charge on any atom is 0.270 e. The topological polar surface area (TPSA) is 105 Å². The fraction of sp³-hybridized carbons (Fsp3) is 0.120. The number of carbonyl (C=O) groups excluding carboxylic acids is 2. The third-order valence-corrected chi connectivity index (χ3v) is 5.45. The number of hydrogen-bond acceptors (Lipinski definition) is 5. The van der Waals surface area contributed by atoms with Crippen molar-refractivity contribution in [2.24, 2.45) is 0 Å². The van der Waals surface area contributed by atoms with E-state index in [1.165, 1.54) is 19.1 Å². The third-order valence-electron chi connectivity index (χ3n) is 5.45. The van der Waals surface area contributed by atoms with Crippen LogP contribution >= 0.6 is 0 Å². The van der Waals surface area contributed by atoms with Crippen molar-refractivity contribution in [3.05, 3.63) is 99.6 Å². The molecule has 0 fully saturated rings. The molecule has 0 saturated heterocycles. The summed E-state index contributed by atoms with van der Waals surface area (Å²) in [6.45, 7) is 2.00. The Labute approximate surface area is 190 Å². The number of amides is 2. The summed E-state index contributed by atoms with van der Waals surface area (Å²) < 4.78 is 0. The number of hydrogen-bond donors (Lipinski definition) is 2. The maximum atomic E-state index is 12.9. The van der Waals surface area contributed by atoms with Gasteiger partial charge >= 0.3 is 0 Å². The van der Waals surface area contributed by atoms with Gasteiger partial charge in [-0.2, -0.15) is 0 Å². The highest BCUT2D eigenvalue weighted by Gasteiger charge is 2.30. The summed E-state index contributed by atoms with van der Waals surface area (Å²) in [5, 5.41) is 17.4. The van der Waals surface area contributed by atoms with E-state index in [-0.39, 0.29) is 17.5 Å². The van der Waals surface area contributed by atoms with Crippen LogP contribution in [-0.2, 0) is 16.1 Å². The van der Waals surface area contributed by atoms with Crippen LogP contribution in [0.3, 0.4) is 0 Å². The van der Waals surface area contributed by atoms with Crippen LogP contribution in [0.5, 0.6) is 0 Å². The van der Waals surface area contributed by atoms with Crippen molar-refractivity contribution in [2.45, 2.75) is 13.5 Å². The molecular weight excluding hydrogens is 420 g/mol. The number of nitrogens with one attached hydrogen (secondary N) is 2. The fourth-order valence-corrected chi connectivity index (χ4v) is 3.62. The molecule has 1 aliphatic heterocycles. The molecule has 2 N–H and O–H groups in total. The number of carbonyl (C=O) groups is 2. The standard InChI is InChI=1S/C25H22N4O4/c1-16(30)28(2)15-17-8-10-19(11-9-17)26-24(18-6-4-3-5-7-18)23-21-14-20(29(32)33)12-13-22(21)27-25(23)31/h3-14,26H,15H2,1-2H3,(H,27,31). The number of rotatable bonds is 6. The first-order valence-corrected chi connectivity index (χ1v) is 10.3. The van der Waals surface area contributed by atoms with Gasteiger partial charge in [-0.25, -0.2) is 0 Å². The van der Waals surface area contributed by atoms with Gasteiger partial charge in [-0.1, -0.05) is 42.5 Å². The highest BCUT2D eigenvalue weighted by atomic mass is 16.6. The fourth-order valence-electron chi connectivity index (χ4n) is 3.62. The number of non-ortho nitro benzene ring substituents is 1. The van der Waals surface area contributed by atoms with E-state index in [1.807, 2.05) is 54.6 Å². The van der Waals surface area contributed by atoms with Crippen LogP contribution < -0.4 is 10.6 Å². The van der Waals surface area contributed by atoms with E-state index in [1.54, 1.807) is 18.0 Å². The molecule has 0 bridgehead atoms. The molecule has 0 spiro atoms. The molecule has 33 heavy (non-hydrogen) atoms. The van der Waals surface area contributed by atoms with Crippen LogP contribution in [0.15, 0.2) is 72.8 Å². The lowest BCUT2D eigenvalue weighted by Gasteiger charge is -2.17. The molecule has 0 radical (unpaired) electrons. The van der Waals surface area contributed by atoms with Gasteiger partial charge in [0.2, 0.25) is 5.91 Å². The van der Waals surface area contributed by atoms with E-state index in [0.717, 1.165) is 16.8 Å². The van der Waals surface area contributed by atoms with Crippen molar-refractivity contribution in [3.63, 3.8) is 0 Å². The highest BCUT2D eigenvalue weighted by Crippen LogP contribution is 2.39. The Bertz CT molecular complexity index is 1270. The molecule has 3 aromatic carbocycles. The molecule has 0 unspecified atom stereocenters. The Morgan fingerprint density at radius 1 is 1.06 bits per heavy atom. The normalized spacial score (nSPS) is 13.7. The van der Waals surface area contributed by atoms with E-state index in [0.29, 0.717) is 29.1 Å². The van der Waals surface area contributed by atoms with Crippen molar-refractivity contribution in [1.82, 2.24) is 4.90 Å². The van der Waals surface area contributed by atoms with Crippen LogP contribution in [0.2, 0.25) is 0 Å². The van der Waals surface area contributed by atoms with Gasteiger partial charge in [0, 0.05) is 49.6 Å². The molecule has 4 rings (SSSR count). The van der Waals surface area contributed by atoms with E-state index < -0.39 is 4.92 Å². The molecule has 0 aromatic heterocycles. The van der Waals surface area contributed by atoms with Crippen molar-refractivity contribution in [2.75, 3.05) is 17.7 Å². The lowest BCUT2D eigenvalue weighted by atomic mass is 9.99. The number of anilines is 2. The van der Waals surface area contributed by atoms with Gasteiger partial charge in [-0.3, -0.25) is 19.7 Å². The van der Waals surface area contributed by atoms with Gasteiger partial charge in [0.1, 0.15) is 0 Å². The lowest BCUT2D eigenvalue weighted by Crippen LogP contribution is -2.22. The molecule has 0 saturated carbocycles. The van der Waals surface area contributed by atoms with E-state index in [2.05, 4.69) is 10.6 Å². The minimum Gasteiger partial charge on any atom is -0.354 e. The zero-order valence-electron chi connectivity index (χ0n) is 18.2. The first kappa shape index (κ1) is 21.8. The van der Waals surface area contributed by atoms with E-state index in [9.17, 15) is 19.7 Å². The number of nitro benzene ring substituents is 1. The maximum absolute atomic E-state index is 12.9. The quantitative estimate of drug-likeness (QED) is 0.332. The van der Waals surface area contributed by atoms with Gasteiger partial charge in [0.05, 0.1) is 16.2 Å². The Kier molecular flexibility index (Phi) is 5.91. The van der Waals surface area contributed by atoms with Gasteiger partial charge in [-0.05, 0) is 29.3 Å². The molecule has 1 heterocycles. The number of nitro groups is 1. The third kappa shape index (κ3) is 4.59. The summed E-state index contributed by atoms with van der Waals surface area (Å²) >= 11 is 0. The van der Waals surface area contributed by atoms with Gasteiger partial charge < -0.3 is 15.5 Å². The molecule has 2 amide bonds. The van der Waals surface area contributed by atoms with Crippen LogP contribution in [0, 0.1) is 10.1 Å². The Morgan fingerprint density at radius 3 is 2.39 bits per heavy atom. The predicted molar refractivity (Wildman–Crippen MR) is 127 cm³/mol. The van der Waals surface area contributed by atoms with Crippen molar-refractivity contribution >= 4 is 40.1 Å². The second-order valence-electron chi connectivity index (χ2n) is 7.75. The molecule has 0 aliphatic carbocycles. The number of benzene rings is 3. The monoisotopic (exact) mass is 442 g/mol. The average molecular weight is 442 g/mol. The first-order chi connectivity index (χ1) is 15.8. The second-order valence-corrected chi connectivity index (χ2v) is 7.75. The van der Waals surface area contributed by atoms with Crippen LogP contribution in [-0.4, -0.2) is 28.7 Å². The molecule has 0 atom stereocenters. The van der Waals surface area contributed by atoms with Crippen LogP contribution in [0.25, 0.3) is 11.3 Å². The minimum absolute atomic E-state index is 0.0201. The van der Waals surface area contributed by atoms with E-state index >= 15 is 0 Å². The van der Waals surface area contributed by atoms with Gasteiger partial charge in [-0.15, -0.1) is 0 Å². The Morgan fingerprint density at radius 2 is 1.76 bits per heavy atom. The molecule has 8 nitrogen and oxygen atoms in total. The van der Waals surface area contributed by atoms with Gasteiger partial charge in [0.25, 0.3) is 11.6 Å². The zero-order chi connectivity index (χ0) is 23.5. The molecule has 166 valence electrons. The zero-order valence-corrected chi connectivity index (χ0v) is 18.2. The molecule has 3 aromatic rings. The largest absolute Gasteiger partial charge is 0.354 e. The number of nitrogens with zero attached hydrogens (tertiary/aromatic N) is 2. The molecule has 1 aliphatic rings. The van der Waals surface area contributed by atoms with Crippen LogP contribution in [0.1, 0.15) is 23.6 Å². The Balaban J connectivity index is 1.76. The molecule has 8 heteroatoms. The first-order valence-electron chi connectivity index (χ1n) is 10.3. The Hall–Kier alpha value is -4.46. The predicted octanol–water partition coefficient (Wildman–Crippen LogP) is 4.51. The van der Waals surface area contributed by atoms with E-state index in [4.69, 9.17) is 0 Å². The van der Waals surface area contributed by atoms with Crippen molar-refractivity contribution in [3.8, 4) is 0 Å². The lowest BCUT2D eigenvalue weighted by molar-refractivity contribution is -0.384. The summed E-state index contributed by atoms with van der Waals surface area (Å²) in [5.74, 6) is -0.357. The summed E-state index contributed by atoms with van der Waals surface area (Å²) in [7, 11) is 1.74. The number of fused-ring (bicyclic) bond motifs is 1. The SMILES string of the molecule is CC(=O)N(C)Cc1ccc(NC(=C2C(=O)Nc3ccc([N+](=O)[O-])cc32)c2ccccc2)cc1. The molecular formula is C25H22N4O4.